The molecule has 23 heavy (non-hydrogen) atoms. The first-order valence-corrected chi connectivity index (χ1v) is 9.92. The van der Waals surface area contributed by atoms with Crippen molar-refractivity contribution in [2.75, 3.05) is 0 Å². The molecule has 5 heteroatoms. The van der Waals surface area contributed by atoms with Crippen molar-refractivity contribution >= 4 is 28.9 Å². The number of aliphatic hydroxyl groups is 1. The van der Waals surface area contributed by atoms with Crippen LogP contribution in [0, 0.1) is 11.8 Å². The third-order valence-electron chi connectivity index (χ3n) is 4.95. The third kappa shape index (κ3) is 5.20. The van der Waals surface area contributed by atoms with E-state index in [1.165, 1.54) is 30.6 Å². The Bertz CT molecular complexity index is 502. The first-order chi connectivity index (χ1) is 11.0. The number of rotatable bonds is 9. The number of aromatic carboxylic acids is 1. The number of unbranched alkanes of at least 4 members (excludes halogenated alkanes) is 2. The van der Waals surface area contributed by atoms with Gasteiger partial charge in [-0.3, -0.25) is 0 Å². The smallest absolute Gasteiger partial charge is 0.345 e. The molecule has 1 aromatic heterocycles. The summed E-state index contributed by atoms with van der Waals surface area (Å²) in [5, 5.41) is 19.3. The van der Waals surface area contributed by atoms with Gasteiger partial charge in [0.15, 0.2) is 0 Å². The summed E-state index contributed by atoms with van der Waals surface area (Å²) < 4.78 is 0. The Kier molecular flexibility index (Phi) is 7.38. The maximum atomic E-state index is 10.9. The van der Waals surface area contributed by atoms with Crippen LogP contribution in [0.1, 0.15) is 66.4 Å². The number of carbonyl (C=O) groups is 1. The quantitative estimate of drug-likeness (QED) is 0.484. The van der Waals surface area contributed by atoms with Crippen LogP contribution in [-0.2, 0) is 6.42 Å². The summed E-state index contributed by atoms with van der Waals surface area (Å²) >= 11 is 7.83. The van der Waals surface area contributed by atoms with Crippen LogP contribution >= 0.6 is 22.9 Å². The Labute approximate surface area is 147 Å². The number of aryl methyl sites for hydroxylation is 1. The van der Waals surface area contributed by atoms with Crippen molar-refractivity contribution in [1.29, 1.82) is 0 Å². The molecule has 0 spiro atoms. The van der Waals surface area contributed by atoms with Gasteiger partial charge in [0.1, 0.15) is 4.88 Å². The van der Waals surface area contributed by atoms with Crippen molar-refractivity contribution < 1.29 is 15.0 Å². The monoisotopic (exact) mass is 358 g/mol. The Morgan fingerprint density at radius 1 is 1.26 bits per heavy atom. The van der Waals surface area contributed by atoms with E-state index in [-0.39, 0.29) is 11.5 Å². The summed E-state index contributed by atoms with van der Waals surface area (Å²) in [6, 6.07) is 3.59. The predicted molar refractivity (Wildman–Crippen MR) is 95.6 cm³/mol. The Morgan fingerprint density at radius 2 is 2.00 bits per heavy atom. The molecule has 0 unspecified atom stereocenters. The molecule has 1 aliphatic rings. The van der Waals surface area contributed by atoms with Gasteiger partial charge >= 0.3 is 5.97 Å². The van der Waals surface area contributed by atoms with Crippen molar-refractivity contribution in [3.8, 4) is 0 Å². The minimum Gasteiger partial charge on any atom is -0.477 e. The zero-order valence-electron chi connectivity index (χ0n) is 13.7. The van der Waals surface area contributed by atoms with Gasteiger partial charge in [-0.25, -0.2) is 4.79 Å². The Morgan fingerprint density at radius 3 is 2.65 bits per heavy atom. The maximum Gasteiger partial charge on any atom is 0.345 e. The number of hydrogen-bond donors (Lipinski definition) is 2. The van der Waals surface area contributed by atoms with Crippen LogP contribution in [0.15, 0.2) is 12.1 Å². The standard InChI is InChI=1S/C18H27ClO3S/c1-2-3-4-7-14-13(15(19)11-16(14)20)8-5-6-12-9-10-17(23-12)18(21)22/h9-10,13-16,20H,2-8,11H2,1H3,(H,21,22)/t13-,14-,15-,16-/m1/s1. The average Bonchev–Trinajstić information content (AvgIpc) is 3.07. The molecule has 0 radical (unpaired) electrons. The van der Waals surface area contributed by atoms with Crippen molar-refractivity contribution in [3.05, 3.63) is 21.9 Å². The molecule has 0 amide bonds. The van der Waals surface area contributed by atoms with Gasteiger partial charge < -0.3 is 10.2 Å². The highest BCUT2D eigenvalue weighted by Crippen LogP contribution is 2.41. The molecule has 2 N–H and O–H groups in total. The summed E-state index contributed by atoms with van der Waals surface area (Å²) in [6.45, 7) is 2.19. The lowest BCUT2D eigenvalue weighted by molar-refractivity contribution is 0.0702. The maximum absolute atomic E-state index is 10.9. The van der Waals surface area contributed by atoms with Gasteiger partial charge in [-0.15, -0.1) is 22.9 Å². The SMILES string of the molecule is CCCCC[C@@H]1[C@@H](CCCc2ccc(C(=O)O)s2)[C@H](Cl)C[C@H]1O. The van der Waals surface area contributed by atoms with Gasteiger partial charge in [0.2, 0.25) is 0 Å². The van der Waals surface area contributed by atoms with E-state index in [9.17, 15) is 9.90 Å². The number of aliphatic hydroxyl groups excluding tert-OH is 1. The minimum atomic E-state index is -0.850. The van der Waals surface area contributed by atoms with Crippen molar-refractivity contribution in [3.63, 3.8) is 0 Å². The van der Waals surface area contributed by atoms with Crippen LogP contribution < -0.4 is 0 Å². The second kappa shape index (κ2) is 9.05. The zero-order chi connectivity index (χ0) is 16.8. The Balaban J connectivity index is 1.82. The molecular formula is C18H27ClO3S. The average molecular weight is 359 g/mol. The molecule has 2 rings (SSSR count). The minimum absolute atomic E-state index is 0.0783. The van der Waals surface area contributed by atoms with E-state index in [1.807, 2.05) is 6.07 Å². The molecule has 1 aliphatic carbocycles. The fourth-order valence-corrected chi connectivity index (χ4v) is 5.09. The van der Waals surface area contributed by atoms with Crippen LogP contribution in [-0.4, -0.2) is 27.7 Å². The topological polar surface area (TPSA) is 57.5 Å². The van der Waals surface area contributed by atoms with Crippen molar-refractivity contribution in [1.82, 2.24) is 0 Å². The largest absolute Gasteiger partial charge is 0.477 e. The molecule has 4 atom stereocenters. The van der Waals surface area contributed by atoms with E-state index in [0.717, 1.165) is 30.6 Å². The molecule has 1 aromatic rings. The van der Waals surface area contributed by atoms with Gasteiger partial charge in [-0.05, 0) is 56.1 Å². The molecule has 0 bridgehead atoms. The highest BCUT2D eigenvalue weighted by atomic mass is 35.5. The number of carboxylic acids is 1. The lowest BCUT2D eigenvalue weighted by Crippen LogP contribution is -2.21. The zero-order valence-corrected chi connectivity index (χ0v) is 15.3. The van der Waals surface area contributed by atoms with Crippen LogP contribution in [0.3, 0.4) is 0 Å². The highest BCUT2D eigenvalue weighted by molar-refractivity contribution is 7.13. The number of carboxylic acid groups (broad SMARTS) is 1. The fraction of sp³-hybridized carbons (Fsp3) is 0.722. The predicted octanol–water partition coefficient (Wildman–Crippen LogP) is 4.95. The summed E-state index contributed by atoms with van der Waals surface area (Å²) in [7, 11) is 0. The molecule has 0 aromatic carbocycles. The molecule has 3 nitrogen and oxygen atoms in total. The van der Waals surface area contributed by atoms with E-state index in [1.54, 1.807) is 6.07 Å². The lowest BCUT2D eigenvalue weighted by atomic mass is 9.86. The Hall–Kier alpha value is -0.580. The van der Waals surface area contributed by atoms with E-state index < -0.39 is 5.97 Å². The van der Waals surface area contributed by atoms with Crippen LogP contribution in [0.4, 0.5) is 0 Å². The van der Waals surface area contributed by atoms with Gasteiger partial charge in [0.25, 0.3) is 0 Å². The number of alkyl halides is 1. The van der Waals surface area contributed by atoms with Crippen LogP contribution in [0.2, 0.25) is 0 Å². The summed E-state index contributed by atoms with van der Waals surface area (Å²) in [4.78, 5) is 12.4. The van der Waals surface area contributed by atoms with Crippen LogP contribution in [0.5, 0.6) is 0 Å². The first-order valence-electron chi connectivity index (χ1n) is 8.67. The van der Waals surface area contributed by atoms with Gasteiger partial charge in [0.05, 0.1) is 6.10 Å². The van der Waals surface area contributed by atoms with Gasteiger partial charge in [-0.1, -0.05) is 26.2 Å². The van der Waals surface area contributed by atoms with Crippen LogP contribution in [0.25, 0.3) is 0 Å². The van der Waals surface area contributed by atoms with Crippen molar-refractivity contribution in [2.45, 2.75) is 69.8 Å². The molecule has 1 saturated carbocycles. The number of hydrogen-bond acceptors (Lipinski definition) is 3. The first kappa shape index (κ1) is 18.8. The number of halogens is 1. The second-order valence-corrected chi connectivity index (χ2v) is 8.33. The van der Waals surface area contributed by atoms with E-state index in [2.05, 4.69) is 6.92 Å². The van der Waals surface area contributed by atoms with E-state index in [0.29, 0.717) is 23.1 Å². The summed E-state index contributed by atoms with van der Waals surface area (Å²) in [5.74, 6) is -0.124. The van der Waals surface area contributed by atoms with E-state index >= 15 is 0 Å². The normalized spacial score (nSPS) is 27.4. The van der Waals surface area contributed by atoms with E-state index in [4.69, 9.17) is 16.7 Å². The molecule has 1 fully saturated rings. The van der Waals surface area contributed by atoms with Gasteiger partial charge in [-0.2, -0.15) is 0 Å². The fourth-order valence-electron chi connectivity index (χ4n) is 3.70. The highest BCUT2D eigenvalue weighted by Gasteiger charge is 2.40. The summed E-state index contributed by atoms with van der Waals surface area (Å²) in [5.41, 5.74) is 0. The van der Waals surface area contributed by atoms with Gasteiger partial charge in [0, 0.05) is 10.3 Å². The third-order valence-corrected chi connectivity index (χ3v) is 6.58. The van der Waals surface area contributed by atoms with Crippen molar-refractivity contribution in [2.24, 2.45) is 11.8 Å². The lowest BCUT2D eigenvalue weighted by Gasteiger charge is -2.23. The molecular weight excluding hydrogens is 332 g/mol. The molecule has 0 saturated heterocycles. The second-order valence-electron chi connectivity index (χ2n) is 6.61. The number of thiophene rings is 1. The molecule has 1 heterocycles. The summed E-state index contributed by atoms with van der Waals surface area (Å²) in [6.07, 6.45) is 8.04. The molecule has 0 aliphatic heterocycles. The molecule has 130 valence electrons.